The largest absolute Gasteiger partial charge is 0.242 e. The van der Waals surface area contributed by atoms with Gasteiger partial charge in [0, 0.05) is 21.7 Å². The summed E-state index contributed by atoms with van der Waals surface area (Å²) in [7, 11) is 0. The van der Waals surface area contributed by atoms with Crippen molar-refractivity contribution in [3.05, 3.63) is 82.0 Å². The minimum absolute atomic E-state index is 0.662. The van der Waals surface area contributed by atoms with E-state index in [-0.39, 0.29) is 0 Å². The number of aromatic nitrogens is 3. The number of pyridine rings is 1. The summed E-state index contributed by atoms with van der Waals surface area (Å²) in [6, 6.07) is 18.5. The van der Waals surface area contributed by atoms with E-state index < -0.39 is 0 Å². The fraction of sp³-hybridized carbons (Fsp3) is 0.182. The normalized spacial score (nSPS) is 11.2. The third kappa shape index (κ3) is 3.11. The first-order chi connectivity index (χ1) is 12.5. The minimum Gasteiger partial charge on any atom is -0.242 e. The van der Waals surface area contributed by atoms with Crippen LogP contribution in [0.15, 0.2) is 54.6 Å². The lowest BCUT2D eigenvalue weighted by Crippen LogP contribution is -2.03. The van der Waals surface area contributed by atoms with Gasteiger partial charge in [-0.1, -0.05) is 53.6 Å². The number of hydrogen-bond donors (Lipinski definition) is 0. The van der Waals surface area contributed by atoms with Gasteiger partial charge >= 0.3 is 0 Å². The van der Waals surface area contributed by atoms with E-state index in [0.29, 0.717) is 6.54 Å². The van der Waals surface area contributed by atoms with E-state index in [0.717, 1.165) is 38.6 Å². The number of fused-ring (bicyclic) bond motifs is 1. The number of benzene rings is 2. The van der Waals surface area contributed by atoms with Crippen LogP contribution >= 0.6 is 11.6 Å². The van der Waals surface area contributed by atoms with Crippen molar-refractivity contribution in [2.75, 3.05) is 0 Å². The van der Waals surface area contributed by atoms with Crippen LogP contribution in [0.4, 0.5) is 0 Å². The molecule has 0 fully saturated rings. The Morgan fingerprint density at radius 3 is 2.31 bits per heavy atom. The third-order valence-corrected chi connectivity index (χ3v) is 4.85. The molecule has 2 aromatic carbocycles. The maximum absolute atomic E-state index is 6.01. The summed E-state index contributed by atoms with van der Waals surface area (Å²) in [6.45, 7) is 6.91. The Morgan fingerprint density at radius 2 is 1.62 bits per heavy atom. The van der Waals surface area contributed by atoms with Crippen LogP contribution in [0.5, 0.6) is 0 Å². The van der Waals surface area contributed by atoms with Crippen LogP contribution in [0.3, 0.4) is 0 Å². The number of nitrogens with zero attached hydrogens (tertiary/aromatic N) is 3. The lowest BCUT2D eigenvalue weighted by molar-refractivity contribution is 0.706. The first kappa shape index (κ1) is 16.8. The zero-order chi connectivity index (χ0) is 18.3. The maximum Gasteiger partial charge on any atom is 0.159 e. The zero-order valence-electron chi connectivity index (χ0n) is 15.1. The summed E-state index contributed by atoms with van der Waals surface area (Å²) in [6.07, 6.45) is 0. The van der Waals surface area contributed by atoms with E-state index in [9.17, 15) is 0 Å². The molecule has 0 saturated heterocycles. The zero-order valence-corrected chi connectivity index (χ0v) is 15.9. The van der Waals surface area contributed by atoms with Gasteiger partial charge in [0.25, 0.3) is 0 Å². The summed E-state index contributed by atoms with van der Waals surface area (Å²) >= 11 is 6.01. The second-order valence-electron chi connectivity index (χ2n) is 6.78. The fourth-order valence-corrected chi connectivity index (χ4v) is 3.43. The van der Waals surface area contributed by atoms with Crippen LogP contribution in [-0.2, 0) is 6.54 Å². The quantitative estimate of drug-likeness (QED) is 0.467. The Hall–Kier alpha value is -2.65. The topological polar surface area (TPSA) is 30.7 Å². The van der Waals surface area contributed by atoms with Crippen LogP contribution in [-0.4, -0.2) is 14.8 Å². The lowest BCUT2D eigenvalue weighted by Gasteiger charge is -2.05. The van der Waals surface area contributed by atoms with Gasteiger partial charge in [0.1, 0.15) is 5.69 Å². The molecule has 0 spiro atoms. The van der Waals surface area contributed by atoms with Gasteiger partial charge in [-0.3, -0.25) is 0 Å². The first-order valence-corrected chi connectivity index (χ1v) is 9.05. The molecule has 0 aliphatic heterocycles. The summed E-state index contributed by atoms with van der Waals surface area (Å²) in [5.74, 6) is 0. The predicted molar refractivity (Wildman–Crippen MR) is 108 cm³/mol. The highest BCUT2D eigenvalue weighted by molar-refractivity contribution is 6.30. The number of aryl methyl sites for hydroxylation is 3. The number of rotatable bonds is 3. The molecule has 2 heterocycles. The molecule has 0 atom stereocenters. The van der Waals surface area contributed by atoms with Gasteiger partial charge < -0.3 is 0 Å². The molecule has 26 heavy (non-hydrogen) atoms. The summed E-state index contributed by atoms with van der Waals surface area (Å²) < 4.78 is 1.99. The predicted octanol–water partition coefficient (Wildman–Crippen LogP) is 5.73. The molecule has 130 valence electrons. The van der Waals surface area contributed by atoms with Gasteiger partial charge in [0.05, 0.1) is 6.54 Å². The second-order valence-corrected chi connectivity index (χ2v) is 7.21. The van der Waals surface area contributed by atoms with Crippen molar-refractivity contribution in [2.24, 2.45) is 0 Å². The average Bonchev–Trinajstić information content (AvgIpc) is 2.96. The molecule has 0 aliphatic carbocycles. The molecule has 0 saturated carbocycles. The number of hydrogen-bond acceptors (Lipinski definition) is 2. The Bertz CT molecular complexity index is 1080. The molecule has 0 bridgehead atoms. The van der Waals surface area contributed by atoms with Crippen LogP contribution in [0.2, 0.25) is 5.02 Å². The molecule has 4 aromatic rings. The highest BCUT2D eigenvalue weighted by Gasteiger charge is 2.16. The van der Waals surface area contributed by atoms with Gasteiger partial charge in [-0.15, -0.1) is 0 Å². The molecule has 0 N–H and O–H groups in total. The Kier molecular flexibility index (Phi) is 4.25. The second kappa shape index (κ2) is 6.58. The third-order valence-electron chi connectivity index (χ3n) is 4.60. The highest BCUT2D eigenvalue weighted by Crippen LogP contribution is 2.30. The van der Waals surface area contributed by atoms with Crippen LogP contribution in [0.1, 0.15) is 22.4 Å². The standard InChI is InChI=1S/C22H20ClN3/c1-14-4-8-18(9-5-14)21-20-15(2)12-16(3)24-22(20)26(25-21)13-17-6-10-19(23)11-7-17/h4-12H,13H2,1-3H3. The average molecular weight is 362 g/mol. The van der Waals surface area contributed by atoms with Crippen molar-refractivity contribution in [3.63, 3.8) is 0 Å². The Balaban J connectivity index is 1.90. The maximum atomic E-state index is 6.01. The highest BCUT2D eigenvalue weighted by atomic mass is 35.5. The summed E-state index contributed by atoms with van der Waals surface area (Å²) in [5.41, 5.74) is 7.61. The van der Waals surface area contributed by atoms with Crippen molar-refractivity contribution in [1.29, 1.82) is 0 Å². The van der Waals surface area contributed by atoms with Crippen LogP contribution in [0, 0.1) is 20.8 Å². The van der Waals surface area contributed by atoms with Crippen LogP contribution < -0.4 is 0 Å². The molecular formula is C22H20ClN3. The van der Waals surface area contributed by atoms with Crippen molar-refractivity contribution < 1.29 is 0 Å². The van der Waals surface area contributed by atoms with Crippen molar-refractivity contribution in [2.45, 2.75) is 27.3 Å². The molecule has 4 heteroatoms. The molecule has 0 unspecified atom stereocenters. The molecule has 0 radical (unpaired) electrons. The molecule has 0 amide bonds. The van der Waals surface area contributed by atoms with E-state index in [4.69, 9.17) is 21.7 Å². The lowest BCUT2D eigenvalue weighted by atomic mass is 10.0. The Labute approximate surface area is 158 Å². The van der Waals surface area contributed by atoms with Gasteiger partial charge in [-0.05, 0) is 50.1 Å². The molecule has 3 nitrogen and oxygen atoms in total. The van der Waals surface area contributed by atoms with Gasteiger partial charge in [0.2, 0.25) is 0 Å². The van der Waals surface area contributed by atoms with Gasteiger partial charge in [-0.25, -0.2) is 9.67 Å². The monoisotopic (exact) mass is 361 g/mol. The van der Waals surface area contributed by atoms with Crippen molar-refractivity contribution in [1.82, 2.24) is 14.8 Å². The SMILES string of the molecule is Cc1ccc(-c2nn(Cc3ccc(Cl)cc3)c3nc(C)cc(C)c23)cc1. The molecular weight excluding hydrogens is 342 g/mol. The first-order valence-electron chi connectivity index (χ1n) is 8.67. The summed E-state index contributed by atoms with van der Waals surface area (Å²) in [5, 5.41) is 6.79. The van der Waals surface area contributed by atoms with E-state index in [2.05, 4.69) is 44.2 Å². The van der Waals surface area contributed by atoms with E-state index >= 15 is 0 Å². The van der Waals surface area contributed by atoms with Gasteiger partial charge in [0.15, 0.2) is 5.65 Å². The van der Waals surface area contributed by atoms with E-state index in [1.807, 2.05) is 35.9 Å². The minimum atomic E-state index is 0.662. The molecule has 2 aromatic heterocycles. The molecule has 4 rings (SSSR count). The number of halogens is 1. The van der Waals surface area contributed by atoms with Gasteiger partial charge in [-0.2, -0.15) is 5.10 Å². The summed E-state index contributed by atoms with van der Waals surface area (Å²) in [4.78, 5) is 4.79. The molecule has 0 aliphatic rings. The van der Waals surface area contributed by atoms with Crippen molar-refractivity contribution in [3.8, 4) is 11.3 Å². The van der Waals surface area contributed by atoms with E-state index in [1.165, 1.54) is 11.1 Å². The fourth-order valence-electron chi connectivity index (χ4n) is 3.30. The van der Waals surface area contributed by atoms with Crippen molar-refractivity contribution >= 4 is 22.6 Å². The Morgan fingerprint density at radius 1 is 0.923 bits per heavy atom. The smallest absolute Gasteiger partial charge is 0.159 e. The van der Waals surface area contributed by atoms with Crippen LogP contribution in [0.25, 0.3) is 22.3 Å². The van der Waals surface area contributed by atoms with E-state index in [1.54, 1.807) is 0 Å².